The van der Waals surface area contributed by atoms with E-state index in [0.29, 0.717) is 11.7 Å². The molecule has 0 saturated heterocycles. The fraction of sp³-hybridized carbons (Fsp3) is 0.455. The third-order valence-corrected chi connectivity index (χ3v) is 3.20. The highest BCUT2D eigenvalue weighted by molar-refractivity contribution is 5.47. The molecule has 2 aromatic heterocycles. The maximum Gasteiger partial charge on any atom is 0.157 e. The van der Waals surface area contributed by atoms with Crippen LogP contribution in [0.3, 0.4) is 0 Å². The van der Waals surface area contributed by atoms with Gasteiger partial charge in [-0.25, -0.2) is 4.98 Å². The number of nitrogens with zero attached hydrogens (tertiary/aromatic N) is 3. The lowest BCUT2D eigenvalue weighted by Gasteiger charge is -2.10. The summed E-state index contributed by atoms with van der Waals surface area (Å²) in [7, 11) is 0. The Kier molecular flexibility index (Phi) is 1.71. The molecule has 1 aliphatic rings. The van der Waals surface area contributed by atoms with Crippen molar-refractivity contribution in [3.63, 3.8) is 0 Å². The molecule has 0 radical (unpaired) electrons. The van der Waals surface area contributed by atoms with Gasteiger partial charge in [0, 0.05) is 23.7 Å². The van der Waals surface area contributed by atoms with E-state index in [1.54, 1.807) is 10.7 Å². The van der Waals surface area contributed by atoms with E-state index < -0.39 is 0 Å². The number of nitrogen functional groups attached to an aromatic ring is 1. The number of anilines is 1. The van der Waals surface area contributed by atoms with Gasteiger partial charge in [0.15, 0.2) is 5.65 Å². The third-order valence-electron chi connectivity index (χ3n) is 3.20. The quantitative estimate of drug-likeness (QED) is 0.808. The first-order chi connectivity index (χ1) is 7.25. The van der Waals surface area contributed by atoms with Crippen LogP contribution in [0.5, 0.6) is 0 Å². The van der Waals surface area contributed by atoms with Gasteiger partial charge in [-0.05, 0) is 18.8 Å². The molecule has 0 bridgehead atoms. The van der Waals surface area contributed by atoms with Crippen molar-refractivity contribution in [3.05, 3.63) is 24.0 Å². The second-order valence-corrected chi connectivity index (χ2v) is 4.33. The molecular weight excluding hydrogens is 188 g/mol. The van der Waals surface area contributed by atoms with Crippen LogP contribution in [0.15, 0.2) is 18.3 Å². The van der Waals surface area contributed by atoms with E-state index in [1.165, 1.54) is 12.8 Å². The number of aromatic nitrogens is 3. The first-order valence-electron chi connectivity index (χ1n) is 5.36. The van der Waals surface area contributed by atoms with E-state index in [0.717, 1.165) is 17.3 Å². The van der Waals surface area contributed by atoms with Crippen molar-refractivity contribution in [1.82, 2.24) is 14.6 Å². The Labute approximate surface area is 88.1 Å². The molecule has 1 saturated carbocycles. The van der Waals surface area contributed by atoms with Crippen molar-refractivity contribution >= 4 is 11.5 Å². The van der Waals surface area contributed by atoms with Gasteiger partial charge in [0.2, 0.25) is 0 Å². The van der Waals surface area contributed by atoms with Gasteiger partial charge in [-0.15, -0.1) is 0 Å². The summed E-state index contributed by atoms with van der Waals surface area (Å²) in [4.78, 5) is 4.58. The van der Waals surface area contributed by atoms with Crippen molar-refractivity contribution in [2.24, 2.45) is 5.92 Å². The zero-order valence-electron chi connectivity index (χ0n) is 8.72. The van der Waals surface area contributed by atoms with Crippen molar-refractivity contribution in [1.29, 1.82) is 0 Å². The molecule has 15 heavy (non-hydrogen) atoms. The average molecular weight is 202 g/mol. The predicted molar refractivity (Wildman–Crippen MR) is 58.5 cm³/mol. The van der Waals surface area contributed by atoms with Crippen LogP contribution in [-0.2, 0) is 0 Å². The largest absolute Gasteiger partial charge is 0.384 e. The second-order valence-electron chi connectivity index (χ2n) is 4.33. The molecule has 1 atom stereocenters. The Morgan fingerprint density at radius 1 is 1.53 bits per heavy atom. The van der Waals surface area contributed by atoms with Crippen LogP contribution >= 0.6 is 0 Å². The maximum atomic E-state index is 5.92. The van der Waals surface area contributed by atoms with Crippen molar-refractivity contribution < 1.29 is 0 Å². The Morgan fingerprint density at radius 3 is 3.07 bits per heavy atom. The second kappa shape index (κ2) is 2.95. The highest BCUT2D eigenvalue weighted by atomic mass is 15.3. The predicted octanol–water partition coefficient (Wildman–Crippen LogP) is 1.82. The maximum absolute atomic E-state index is 5.92. The Balaban J connectivity index is 2.10. The van der Waals surface area contributed by atoms with E-state index in [4.69, 9.17) is 5.73 Å². The summed E-state index contributed by atoms with van der Waals surface area (Å²) >= 11 is 0. The zero-order valence-corrected chi connectivity index (χ0v) is 8.72. The molecule has 4 nitrogen and oxygen atoms in total. The molecule has 2 heterocycles. The molecule has 4 heteroatoms. The van der Waals surface area contributed by atoms with Gasteiger partial charge in [0.1, 0.15) is 5.82 Å². The molecular formula is C11H14N4. The lowest BCUT2D eigenvalue weighted by Crippen LogP contribution is -2.06. The van der Waals surface area contributed by atoms with Crippen LogP contribution in [0.25, 0.3) is 5.65 Å². The monoisotopic (exact) mass is 202 g/mol. The highest BCUT2D eigenvalue weighted by Crippen LogP contribution is 2.41. The minimum Gasteiger partial charge on any atom is -0.384 e. The smallest absolute Gasteiger partial charge is 0.157 e. The number of rotatable bonds is 2. The summed E-state index contributed by atoms with van der Waals surface area (Å²) in [5, 5.41) is 4.11. The summed E-state index contributed by atoms with van der Waals surface area (Å²) in [5.74, 6) is 2.00. The molecule has 0 aromatic carbocycles. The van der Waals surface area contributed by atoms with Gasteiger partial charge in [0.05, 0.1) is 6.20 Å². The van der Waals surface area contributed by atoms with E-state index in [-0.39, 0.29) is 0 Å². The van der Waals surface area contributed by atoms with Gasteiger partial charge in [0.25, 0.3) is 0 Å². The summed E-state index contributed by atoms with van der Waals surface area (Å²) in [6.07, 6.45) is 4.38. The Bertz CT molecular complexity index is 498. The van der Waals surface area contributed by atoms with Crippen molar-refractivity contribution in [3.8, 4) is 0 Å². The molecule has 1 fully saturated rings. The van der Waals surface area contributed by atoms with Crippen LogP contribution in [0.4, 0.5) is 5.82 Å². The van der Waals surface area contributed by atoms with Crippen LogP contribution in [0, 0.1) is 5.92 Å². The lowest BCUT2D eigenvalue weighted by atomic mass is 10.0. The first kappa shape index (κ1) is 8.71. The first-order valence-corrected chi connectivity index (χ1v) is 5.36. The summed E-state index contributed by atoms with van der Waals surface area (Å²) in [6, 6.07) is 3.84. The van der Waals surface area contributed by atoms with E-state index in [9.17, 15) is 0 Å². The molecule has 1 aliphatic carbocycles. The molecule has 2 aromatic rings. The number of hydrogen-bond acceptors (Lipinski definition) is 3. The highest BCUT2D eigenvalue weighted by Gasteiger charge is 2.30. The lowest BCUT2D eigenvalue weighted by molar-refractivity contribution is 0.643. The SMILES string of the molecule is C[C@H](c1cc(N)n2nccc2n1)C1CC1. The normalized spacial score (nSPS) is 18.2. The summed E-state index contributed by atoms with van der Waals surface area (Å²) in [6.45, 7) is 2.23. The average Bonchev–Trinajstić information content (AvgIpc) is 2.96. The summed E-state index contributed by atoms with van der Waals surface area (Å²) < 4.78 is 1.67. The van der Waals surface area contributed by atoms with Crippen LogP contribution in [0.1, 0.15) is 31.4 Å². The summed E-state index contributed by atoms with van der Waals surface area (Å²) in [5.41, 5.74) is 7.87. The Hall–Kier alpha value is -1.58. The molecule has 0 spiro atoms. The van der Waals surface area contributed by atoms with Gasteiger partial charge < -0.3 is 5.73 Å². The number of fused-ring (bicyclic) bond motifs is 1. The molecule has 2 N–H and O–H groups in total. The fourth-order valence-electron chi connectivity index (χ4n) is 2.03. The van der Waals surface area contributed by atoms with Gasteiger partial charge in [-0.2, -0.15) is 9.61 Å². The fourth-order valence-corrected chi connectivity index (χ4v) is 2.03. The molecule has 0 amide bonds. The topological polar surface area (TPSA) is 56.2 Å². The molecule has 78 valence electrons. The number of hydrogen-bond donors (Lipinski definition) is 1. The minimum atomic E-state index is 0.521. The zero-order chi connectivity index (χ0) is 10.4. The minimum absolute atomic E-state index is 0.521. The molecule has 3 rings (SSSR count). The van der Waals surface area contributed by atoms with Crippen molar-refractivity contribution in [2.75, 3.05) is 5.73 Å². The molecule has 0 unspecified atom stereocenters. The van der Waals surface area contributed by atoms with Gasteiger partial charge in [-0.1, -0.05) is 6.92 Å². The van der Waals surface area contributed by atoms with E-state index in [2.05, 4.69) is 17.0 Å². The van der Waals surface area contributed by atoms with Gasteiger partial charge >= 0.3 is 0 Å². The van der Waals surface area contributed by atoms with Crippen LogP contribution in [-0.4, -0.2) is 14.6 Å². The Morgan fingerprint density at radius 2 is 2.33 bits per heavy atom. The van der Waals surface area contributed by atoms with E-state index in [1.807, 2.05) is 12.1 Å². The van der Waals surface area contributed by atoms with Crippen molar-refractivity contribution in [2.45, 2.75) is 25.7 Å². The standard InChI is InChI=1S/C11H14N4/c1-7(8-2-3-8)9-6-10(12)15-11(14-9)4-5-13-15/h4-8H,2-3,12H2,1H3/t7-/m0/s1. The van der Waals surface area contributed by atoms with E-state index >= 15 is 0 Å². The number of nitrogens with two attached hydrogens (primary N) is 1. The van der Waals surface area contributed by atoms with Crippen LogP contribution in [0.2, 0.25) is 0 Å². The molecule has 0 aliphatic heterocycles. The van der Waals surface area contributed by atoms with Gasteiger partial charge in [-0.3, -0.25) is 0 Å². The third kappa shape index (κ3) is 1.37. The van der Waals surface area contributed by atoms with Crippen LogP contribution < -0.4 is 5.73 Å².